The van der Waals surface area contributed by atoms with E-state index in [1.807, 2.05) is 25.2 Å². The van der Waals surface area contributed by atoms with Crippen molar-refractivity contribution in [1.82, 2.24) is 9.88 Å². The van der Waals surface area contributed by atoms with Gasteiger partial charge in [0, 0.05) is 24.9 Å². The molecular formula is C14H22N2O2. The summed E-state index contributed by atoms with van der Waals surface area (Å²) in [6, 6.07) is 5.90. The number of aliphatic carboxylic acids is 1. The van der Waals surface area contributed by atoms with Crippen LogP contribution in [0.1, 0.15) is 26.0 Å². The number of hydrogen-bond donors (Lipinski definition) is 1. The predicted molar refractivity (Wildman–Crippen MR) is 71.5 cm³/mol. The van der Waals surface area contributed by atoms with Gasteiger partial charge in [-0.2, -0.15) is 0 Å². The molecule has 0 saturated heterocycles. The van der Waals surface area contributed by atoms with E-state index in [0.29, 0.717) is 6.42 Å². The zero-order valence-electron chi connectivity index (χ0n) is 11.4. The average Bonchev–Trinajstić information content (AvgIpc) is 2.35. The monoisotopic (exact) mass is 250 g/mol. The van der Waals surface area contributed by atoms with Crippen molar-refractivity contribution in [1.29, 1.82) is 0 Å². The van der Waals surface area contributed by atoms with E-state index in [-0.39, 0.29) is 0 Å². The second kappa shape index (κ2) is 6.50. The highest BCUT2D eigenvalue weighted by Gasteiger charge is 2.26. The zero-order chi connectivity index (χ0) is 13.6. The summed E-state index contributed by atoms with van der Waals surface area (Å²) in [7, 11) is 2.01. The number of carboxylic acids is 1. The Morgan fingerprint density at radius 3 is 2.67 bits per heavy atom. The molecule has 0 aliphatic carbocycles. The van der Waals surface area contributed by atoms with Crippen LogP contribution in [0, 0.1) is 5.41 Å². The van der Waals surface area contributed by atoms with Crippen LogP contribution >= 0.6 is 0 Å². The van der Waals surface area contributed by atoms with Crippen LogP contribution in [0.15, 0.2) is 24.4 Å². The Kier molecular flexibility index (Phi) is 5.28. The fourth-order valence-corrected chi connectivity index (χ4v) is 1.54. The number of aromatic nitrogens is 1. The van der Waals surface area contributed by atoms with Crippen molar-refractivity contribution in [2.75, 3.05) is 20.1 Å². The lowest BCUT2D eigenvalue weighted by atomic mass is 9.89. The van der Waals surface area contributed by atoms with Crippen molar-refractivity contribution in [2.24, 2.45) is 5.41 Å². The highest BCUT2D eigenvalue weighted by atomic mass is 16.4. The molecule has 0 radical (unpaired) electrons. The van der Waals surface area contributed by atoms with Crippen LogP contribution in [0.4, 0.5) is 0 Å². The lowest BCUT2D eigenvalue weighted by molar-refractivity contribution is -0.147. The lowest BCUT2D eigenvalue weighted by Gasteiger charge is -2.23. The molecule has 1 aromatic heterocycles. The molecule has 0 fully saturated rings. The van der Waals surface area contributed by atoms with E-state index in [4.69, 9.17) is 5.11 Å². The fraction of sp³-hybridized carbons (Fsp3) is 0.571. The van der Waals surface area contributed by atoms with Crippen molar-refractivity contribution >= 4 is 5.97 Å². The van der Waals surface area contributed by atoms with Gasteiger partial charge in [-0.3, -0.25) is 9.78 Å². The molecule has 0 unspecified atom stereocenters. The Morgan fingerprint density at radius 2 is 2.11 bits per heavy atom. The summed E-state index contributed by atoms with van der Waals surface area (Å²) in [6.45, 7) is 5.21. The molecule has 0 aliphatic rings. The van der Waals surface area contributed by atoms with E-state index in [0.717, 1.165) is 25.2 Å². The zero-order valence-corrected chi connectivity index (χ0v) is 11.4. The summed E-state index contributed by atoms with van der Waals surface area (Å²) in [4.78, 5) is 17.4. The van der Waals surface area contributed by atoms with E-state index < -0.39 is 11.4 Å². The molecule has 1 heterocycles. The molecule has 0 atom stereocenters. The van der Waals surface area contributed by atoms with Crippen molar-refractivity contribution in [3.8, 4) is 0 Å². The smallest absolute Gasteiger partial charge is 0.309 e. The van der Waals surface area contributed by atoms with Crippen molar-refractivity contribution in [3.05, 3.63) is 30.1 Å². The van der Waals surface area contributed by atoms with E-state index >= 15 is 0 Å². The van der Waals surface area contributed by atoms with Gasteiger partial charge in [-0.25, -0.2) is 0 Å². The fourth-order valence-electron chi connectivity index (χ4n) is 1.54. The van der Waals surface area contributed by atoms with Crippen LogP contribution in [0.2, 0.25) is 0 Å². The number of nitrogens with zero attached hydrogens (tertiary/aromatic N) is 2. The van der Waals surface area contributed by atoms with Gasteiger partial charge in [0.25, 0.3) is 0 Å². The molecule has 1 N–H and O–H groups in total. The van der Waals surface area contributed by atoms with Gasteiger partial charge < -0.3 is 10.0 Å². The van der Waals surface area contributed by atoms with Crippen molar-refractivity contribution in [2.45, 2.75) is 26.7 Å². The van der Waals surface area contributed by atoms with Gasteiger partial charge in [-0.15, -0.1) is 0 Å². The normalized spacial score (nSPS) is 11.8. The topological polar surface area (TPSA) is 53.4 Å². The molecule has 0 spiro atoms. The molecule has 1 rings (SSSR count). The van der Waals surface area contributed by atoms with Crippen LogP contribution < -0.4 is 0 Å². The number of hydrogen-bond acceptors (Lipinski definition) is 3. The summed E-state index contributed by atoms with van der Waals surface area (Å²) in [5, 5.41) is 9.03. The van der Waals surface area contributed by atoms with Crippen molar-refractivity contribution < 1.29 is 9.90 Å². The first-order valence-corrected chi connectivity index (χ1v) is 6.23. The minimum atomic E-state index is -0.736. The first-order chi connectivity index (χ1) is 8.42. The highest BCUT2D eigenvalue weighted by molar-refractivity contribution is 5.73. The van der Waals surface area contributed by atoms with Gasteiger partial charge in [-0.1, -0.05) is 6.07 Å². The van der Waals surface area contributed by atoms with Gasteiger partial charge in [0.05, 0.1) is 5.41 Å². The molecule has 4 heteroatoms. The quantitative estimate of drug-likeness (QED) is 0.804. The molecule has 0 amide bonds. The number of carbonyl (C=O) groups is 1. The van der Waals surface area contributed by atoms with Crippen LogP contribution in [0.5, 0.6) is 0 Å². The van der Waals surface area contributed by atoms with Crippen LogP contribution in [-0.4, -0.2) is 41.1 Å². The first kappa shape index (κ1) is 14.6. The Morgan fingerprint density at radius 1 is 1.39 bits per heavy atom. The van der Waals surface area contributed by atoms with Gasteiger partial charge >= 0.3 is 5.97 Å². The van der Waals surface area contributed by atoms with Crippen LogP contribution in [0.25, 0.3) is 0 Å². The summed E-state index contributed by atoms with van der Waals surface area (Å²) in [5.41, 5.74) is 0.418. The molecule has 1 aromatic rings. The lowest BCUT2D eigenvalue weighted by Crippen LogP contribution is -2.31. The van der Waals surface area contributed by atoms with Crippen LogP contribution in [0.3, 0.4) is 0 Å². The number of likely N-dealkylation sites (N-methyl/N-ethyl adjacent to an activating group) is 1. The number of pyridine rings is 1. The first-order valence-electron chi connectivity index (χ1n) is 6.23. The largest absolute Gasteiger partial charge is 0.481 e. The van der Waals surface area contributed by atoms with Gasteiger partial charge in [0.2, 0.25) is 0 Å². The van der Waals surface area contributed by atoms with E-state index in [1.54, 1.807) is 20.0 Å². The molecular weight excluding hydrogens is 228 g/mol. The SMILES string of the molecule is CN(CCc1ccccn1)CCC(C)(C)C(=O)O. The Hall–Kier alpha value is -1.42. The van der Waals surface area contributed by atoms with E-state index in [2.05, 4.69) is 9.88 Å². The Balaban J connectivity index is 2.30. The summed E-state index contributed by atoms with van der Waals surface area (Å²) in [5.74, 6) is -0.736. The highest BCUT2D eigenvalue weighted by Crippen LogP contribution is 2.20. The third-order valence-electron chi connectivity index (χ3n) is 3.17. The summed E-state index contributed by atoms with van der Waals surface area (Å²) in [6.07, 6.45) is 3.34. The maximum absolute atomic E-state index is 11.0. The average molecular weight is 250 g/mol. The minimum Gasteiger partial charge on any atom is -0.481 e. The summed E-state index contributed by atoms with van der Waals surface area (Å²) < 4.78 is 0. The third kappa shape index (κ3) is 4.84. The molecule has 4 nitrogen and oxygen atoms in total. The second-order valence-corrected chi connectivity index (χ2v) is 5.31. The molecule has 0 bridgehead atoms. The molecule has 100 valence electrons. The van der Waals surface area contributed by atoms with Crippen molar-refractivity contribution in [3.63, 3.8) is 0 Å². The summed E-state index contributed by atoms with van der Waals surface area (Å²) >= 11 is 0. The molecule has 18 heavy (non-hydrogen) atoms. The number of rotatable bonds is 7. The Labute approximate surface area is 109 Å². The van der Waals surface area contributed by atoms with Gasteiger partial charge in [-0.05, 0) is 46.0 Å². The molecule has 0 aromatic carbocycles. The van der Waals surface area contributed by atoms with E-state index in [9.17, 15) is 4.79 Å². The molecule has 0 aliphatic heterocycles. The second-order valence-electron chi connectivity index (χ2n) is 5.31. The van der Waals surface area contributed by atoms with Gasteiger partial charge in [0.1, 0.15) is 0 Å². The number of carboxylic acid groups (broad SMARTS) is 1. The van der Waals surface area contributed by atoms with Gasteiger partial charge in [0.15, 0.2) is 0 Å². The predicted octanol–water partition coefficient (Wildman–Crippen LogP) is 2.06. The third-order valence-corrected chi connectivity index (χ3v) is 3.17. The van der Waals surface area contributed by atoms with Crippen LogP contribution in [-0.2, 0) is 11.2 Å². The Bertz CT molecular complexity index is 377. The maximum atomic E-state index is 11.0. The minimum absolute atomic E-state index is 0.654. The van der Waals surface area contributed by atoms with E-state index in [1.165, 1.54) is 0 Å². The maximum Gasteiger partial charge on any atom is 0.309 e. The molecule has 0 saturated carbocycles. The standard InChI is InChI=1S/C14H22N2O2/c1-14(2,13(17)18)8-11-16(3)10-7-12-6-4-5-9-15-12/h4-6,9H,7-8,10-11H2,1-3H3,(H,17,18).